The van der Waals surface area contributed by atoms with Crippen LogP contribution in [-0.4, -0.2) is 29.1 Å². The Morgan fingerprint density at radius 2 is 2.26 bits per heavy atom. The predicted octanol–water partition coefficient (Wildman–Crippen LogP) is 1.03. The third-order valence-corrected chi connectivity index (χ3v) is 3.47. The third kappa shape index (κ3) is 2.02. The fraction of sp³-hybridized carbons (Fsp3) is 0.286. The van der Waals surface area contributed by atoms with Crippen LogP contribution in [-0.2, 0) is 17.8 Å². The lowest BCUT2D eigenvalue weighted by atomic mass is 10.1. The molecule has 3 rings (SSSR count). The topological polar surface area (TPSA) is 64.2 Å². The highest BCUT2D eigenvalue weighted by atomic mass is 16.2. The molecule has 0 atom stereocenters. The fourth-order valence-corrected chi connectivity index (χ4v) is 2.41. The molecule has 2 N–H and O–H groups in total. The number of amides is 1. The molecular weight excluding hydrogens is 240 g/mol. The zero-order valence-electron chi connectivity index (χ0n) is 10.8. The van der Waals surface area contributed by atoms with Crippen LogP contribution in [0.3, 0.4) is 0 Å². The minimum atomic E-state index is 0.140. The molecule has 1 aliphatic heterocycles. The van der Waals surface area contributed by atoms with E-state index in [0.29, 0.717) is 13.0 Å². The third-order valence-electron chi connectivity index (χ3n) is 3.47. The highest BCUT2D eigenvalue weighted by Gasteiger charge is 2.24. The number of nitrogens with zero attached hydrogens (tertiary/aromatic N) is 3. The standard InChI is InChI=1S/C14H16N4O/c1-17-13-3-2-10(6-11(13)7-14(17)19)12-8-18(5-4-15)9-16-12/h2-3,6,8-9H,4-5,7,15H2,1H3. The Morgan fingerprint density at radius 3 is 3.05 bits per heavy atom. The lowest BCUT2D eigenvalue weighted by Crippen LogP contribution is -2.20. The van der Waals surface area contributed by atoms with Crippen molar-refractivity contribution in [3.05, 3.63) is 36.3 Å². The molecule has 0 bridgehead atoms. The molecule has 1 aromatic carbocycles. The van der Waals surface area contributed by atoms with E-state index >= 15 is 0 Å². The van der Waals surface area contributed by atoms with Crippen molar-refractivity contribution in [2.45, 2.75) is 13.0 Å². The van der Waals surface area contributed by atoms with E-state index in [1.165, 1.54) is 0 Å². The first-order valence-corrected chi connectivity index (χ1v) is 6.31. The number of fused-ring (bicyclic) bond motifs is 1. The molecule has 0 saturated carbocycles. The van der Waals surface area contributed by atoms with Crippen LogP contribution in [0.1, 0.15) is 5.56 Å². The van der Waals surface area contributed by atoms with E-state index in [4.69, 9.17) is 5.73 Å². The van der Waals surface area contributed by atoms with Gasteiger partial charge in [-0.25, -0.2) is 4.98 Å². The number of hydrogen-bond acceptors (Lipinski definition) is 3. The number of imidazole rings is 1. The number of likely N-dealkylation sites (N-methyl/N-ethyl adjacent to an activating group) is 1. The number of carbonyl (C=O) groups excluding carboxylic acids is 1. The SMILES string of the molecule is CN1C(=O)Cc2cc(-c3cn(CCN)cn3)ccc21. The molecule has 5 heteroatoms. The summed E-state index contributed by atoms with van der Waals surface area (Å²) in [6.45, 7) is 1.36. The molecule has 0 unspecified atom stereocenters. The van der Waals surface area contributed by atoms with Gasteiger partial charge in [0.1, 0.15) is 0 Å². The second-order valence-corrected chi connectivity index (χ2v) is 4.76. The van der Waals surface area contributed by atoms with Crippen LogP contribution < -0.4 is 10.6 Å². The van der Waals surface area contributed by atoms with Crippen molar-refractivity contribution in [1.82, 2.24) is 9.55 Å². The molecular formula is C14H16N4O. The number of aromatic nitrogens is 2. The Balaban J connectivity index is 1.94. The summed E-state index contributed by atoms with van der Waals surface area (Å²) in [5, 5.41) is 0. The number of hydrogen-bond donors (Lipinski definition) is 1. The minimum absolute atomic E-state index is 0.140. The average Bonchev–Trinajstić information content (AvgIpc) is 2.96. The largest absolute Gasteiger partial charge is 0.336 e. The van der Waals surface area contributed by atoms with Crippen LogP contribution >= 0.6 is 0 Å². The Morgan fingerprint density at radius 1 is 1.42 bits per heavy atom. The molecule has 5 nitrogen and oxygen atoms in total. The molecule has 0 radical (unpaired) electrons. The summed E-state index contributed by atoms with van der Waals surface area (Å²) in [4.78, 5) is 17.7. The van der Waals surface area contributed by atoms with Crippen molar-refractivity contribution >= 4 is 11.6 Å². The van der Waals surface area contributed by atoms with Crippen molar-refractivity contribution in [2.75, 3.05) is 18.5 Å². The van der Waals surface area contributed by atoms with Gasteiger partial charge >= 0.3 is 0 Å². The van der Waals surface area contributed by atoms with Gasteiger partial charge in [-0.3, -0.25) is 4.79 Å². The van der Waals surface area contributed by atoms with Crippen LogP contribution in [0, 0.1) is 0 Å². The molecule has 0 fully saturated rings. The van der Waals surface area contributed by atoms with Gasteiger partial charge in [0.25, 0.3) is 0 Å². The molecule has 1 aliphatic rings. The summed E-state index contributed by atoms with van der Waals surface area (Å²) < 4.78 is 1.97. The second-order valence-electron chi connectivity index (χ2n) is 4.76. The smallest absolute Gasteiger partial charge is 0.231 e. The van der Waals surface area contributed by atoms with Crippen LogP contribution in [0.15, 0.2) is 30.7 Å². The minimum Gasteiger partial charge on any atom is -0.336 e. The van der Waals surface area contributed by atoms with Gasteiger partial charge < -0.3 is 15.2 Å². The van der Waals surface area contributed by atoms with Gasteiger partial charge in [-0.1, -0.05) is 6.07 Å². The average molecular weight is 256 g/mol. The van der Waals surface area contributed by atoms with E-state index in [-0.39, 0.29) is 5.91 Å². The Labute approximate surface area is 111 Å². The highest BCUT2D eigenvalue weighted by molar-refractivity contribution is 6.01. The van der Waals surface area contributed by atoms with E-state index < -0.39 is 0 Å². The lowest BCUT2D eigenvalue weighted by Gasteiger charge is -2.09. The van der Waals surface area contributed by atoms with Gasteiger partial charge in [0.05, 0.1) is 18.4 Å². The normalized spacial score (nSPS) is 14.0. The maximum Gasteiger partial charge on any atom is 0.231 e. The molecule has 2 aromatic rings. The lowest BCUT2D eigenvalue weighted by molar-refractivity contribution is -0.117. The number of rotatable bonds is 3. The van der Waals surface area contributed by atoms with Crippen molar-refractivity contribution in [1.29, 1.82) is 0 Å². The van der Waals surface area contributed by atoms with Crippen molar-refractivity contribution < 1.29 is 4.79 Å². The fourth-order valence-electron chi connectivity index (χ4n) is 2.41. The Kier molecular flexibility index (Phi) is 2.83. The molecule has 0 aliphatic carbocycles. The Bertz CT molecular complexity index is 632. The second kappa shape index (κ2) is 4.51. The van der Waals surface area contributed by atoms with E-state index in [1.54, 1.807) is 11.2 Å². The summed E-state index contributed by atoms with van der Waals surface area (Å²) in [5.41, 5.74) is 9.54. The van der Waals surface area contributed by atoms with Gasteiger partial charge in [0.2, 0.25) is 5.91 Å². The summed E-state index contributed by atoms with van der Waals surface area (Å²) in [6, 6.07) is 6.03. The summed E-state index contributed by atoms with van der Waals surface area (Å²) in [7, 11) is 1.81. The molecule has 98 valence electrons. The van der Waals surface area contributed by atoms with Crippen LogP contribution in [0.4, 0.5) is 5.69 Å². The first-order chi connectivity index (χ1) is 9.19. The highest BCUT2D eigenvalue weighted by Crippen LogP contribution is 2.31. The number of anilines is 1. The molecule has 0 spiro atoms. The maximum absolute atomic E-state index is 11.7. The van der Waals surface area contributed by atoms with E-state index in [0.717, 1.165) is 29.1 Å². The van der Waals surface area contributed by atoms with Gasteiger partial charge in [0.15, 0.2) is 0 Å². The molecule has 1 aromatic heterocycles. The number of nitrogens with two attached hydrogens (primary N) is 1. The summed E-state index contributed by atoms with van der Waals surface area (Å²) in [5.74, 6) is 0.140. The zero-order valence-corrected chi connectivity index (χ0v) is 10.8. The van der Waals surface area contributed by atoms with E-state index in [9.17, 15) is 4.79 Å². The van der Waals surface area contributed by atoms with Gasteiger partial charge in [0, 0.05) is 37.6 Å². The molecule has 0 saturated heterocycles. The molecule has 2 heterocycles. The van der Waals surface area contributed by atoms with E-state index in [1.807, 2.05) is 36.0 Å². The first kappa shape index (κ1) is 11.9. The van der Waals surface area contributed by atoms with Gasteiger partial charge in [-0.15, -0.1) is 0 Å². The van der Waals surface area contributed by atoms with Crippen molar-refractivity contribution in [3.8, 4) is 11.3 Å². The van der Waals surface area contributed by atoms with Crippen LogP contribution in [0.2, 0.25) is 0 Å². The number of benzene rings is 1. The predicted molar refractivity (Wildman–Crippen MR) is 73.8 cm³/mol. The monoisotopic (exact) mass is 256 g/mol. The van der Waals surface area contributed by atoms with Gasteiger partial charge in [-0.2, -0.15) is 0 Å². The van der Waals surface area contributed by atoms with Gasteiger partial charge in [-0.05, 0) is 17.7 Å². The number of carbonyl (C=O) groups is 1. The Hall–Kier alpha value is -2.14. The van der Waals surface area contributed by atoms with E-state index in [2.05, 4.69) is 4.98 Å². The quantitative estimate of drug-likeness (QED) is 0.892. The maximum atomic E-state index is 11.7. The summed E-state index contributed by atoms with van der Waals surface area (Å²) in [6.07, 6.45) is 4.24. The van der Waals surface area contributed by atoms with Crippen LogP contribution in [0.5, 0.6) is 0 Å². The zero-order chi connectivity index (χ0) is 13.4. The molecule has 19 heavy (non-hydrogen) atoms. The first-order valence-electron chi connectivity index (χ1n) is 6.31. The van der Waals surface area contributed by atoms with Crippen molar-refractivity contribution in [3.63, 3.8) is 0 Å². The van der Waals surface area contributed by atoms with Crippen LogP contribution in [0.25, 0.3) is 11.3 Å². The van der Waals surface area contributed by atoms with Crippen molar-refractivity contribution in [2.24, 2.45) is 5.73 Å². The molecule has 1 amide bonds. The summed E-state index contributed by atoms with van der Waals surface area (Å²) >= 11 is 0.